The van der Waals surface area contributed by atoms with Gasteiger partial charge < -0.3 is 29.7 Å². The average Bonchev–Trinajstić information content (AvgIpc) is 3.62. The highest BCUT2D eigenvalue weighted by molar-refractivity contribution is 5.94. The van der Waals surface area contributed by atoms with E-state index >= 15 is 0 Å². The van der Waals surface area contributed by atoms with Crippen molar-refractivity contribution in [2.45, 2.75) is 38.0 Å². The number of aromatic nitrogens is 3. The summed E-state index contributed by atoms with van der Waals surface area (Å²) in [4.78, 5) is 45.1. The molecule has 232 valence electrons. The normalized spacial score (nSPS) is 19.0. The molecule has 3 N–H and O–H groups in total. The SMILES string of the molecule is COc1cc2ccc1OCC(=O)N[C@@H]1CN(C(=O)c3ccc(-c4ncn[nH]4)cc3)CC[C@H]1Oc1ccc(cc1)CNC(=O)CC2. The number of benzene rings is 3. The van der Waals surface area contributed by atoms with E-state index in [1.807, 2.05) is 48.5 Å². The molecule has 0 spiro atoms. The van der Waals surface area contributed by atoms with Gasteiger partial charge in [0.2, 0.25) is 5.91 Å². The fraction of sp³-hybridized carbons (Fsp3) is 0.303. The summed E-state index contributed by atoms with van der Waals surface area (Å²) in [5, 5.41) is 12.7. The minimum Gasteiger partial charge on any atom is -0.493 e. The molecule has 6 heterocycles. The Hall–Kier alpha value is -5.39. The molecule has 1 aromatic heterocycles. The Balaban J connectivity index is 1.21. The predicted octanol–water partition coefficient (Wildman–Crippen LogP) is 2.90. The fourth-order valence-electron chi connectivity index (χ4n) is 5.48. The molecular weight excluding hydrogens is 576 g/mol. The standard InChI is InChI=1S/C33H34N6O6/c1-43-29-16-21-4-12-28(29)44-19-31(41)37-26-18-39(33(42)24-8-6-23(7-9-24)32-35-20-36-38-32)15-14-27(26)45-25-10-2-22(3-11-25)17-34-30(40)13-5-21/h2-4,6-12,16,20,26-27H,5,13-15,17-19H2,1H3,(H,34,40)(H,37,41)(H,35,36,38)/t26-,27-/m1/s1. The molecule has 2 atom stereocenters. The number of nitrogens with zero attached hydrogens (tertiary/aromatic N) is 3. The zero-order valence-corrected chi connectivity index (χ0v) is 24.8. The lowest BCUT2D eigenvalue weighted by Gasteiger charge is -2.39. The van der Waals surface area contributed by atoms with Gasteiger partial charge in [-0.25, -0.2) is 4.98 Å². The number of likely N-dealkylation sites (tertiary alicyclic amines) is 1. The Labute approximate surface area is 260 Å². The quantitative estimate of drug-likeness (QED) is 0.321. The van der Waals surface area contributed by atoms with Crippen LogP contribution >= 0.6 is 0 Å². The van der Waals surface area contributed by atoms with Crippen LogP contribution < -0.4 is 24.8 Å². The number of aryl methyl sites for hydroxylation is 1. The van der Waals surface area contributed by atoms with Crippen molar-refractivity contribution in [3.05, 3.63) is 89.7 Å². The molecular formula is C33H34N6O6. The first kappa shape index (κ1) is 29.7. The van der Waals surface area contributed by atoms with Crippen molar-refractivity contribution < 1.29 is 28.6 Å². The van der Waals surface area contributed by atoms with Crippen molar-refractivity contribution in [1.82, 2.24) is 30.7 Å². The van der Waals surface area contributed by atoms with E-state index in [4.69, 9.17) is 14.2 Å². The first-order valence-corrected chi connectivity index (χ1v) is 14.8. The number of rotatable bonds is 3. The number of H-pyrrole nitrogens is 1. The van der Waals surface area contributed by atoms with Gasteiger partial charge in [0.05, 0.1) is 13.2 Å². The zero-order valence-electron chi connectivity index (χ0n) is 24.8. The summed E-state index contributed by atoms with van der Waals surface area (Å²) in [7, 11) is 1.53. The summed E-state index contributed by atoms with van der Waals surface area (Å²) < 4.78 is 17.7. The topological polar surface area (TPSA) is 148 Å². The van der Waals surface area contributed by atoms with Crippen molar-refractivity contribution in [2.75, 3.05) is 26.8 Å². The molecule has 3 amide bonds. The summed E-state index contributed by atoms with van der Waals surface area (Å²) in [5.41, 5.74) is 3.19. The molecule has 45 heavy (non-hydrogen) atoms. The van der Waals surface area contributed by atoms with Gasteiger partial charge in [0.1, 0.15) is 18.2 Å². The van der Waals surface area contributed by atoms with E-state index in [1.165, 1.54) is 13.4 Å². The average molecular weight is 611 g/mol. The van der Waals surface area contributed by atoms with E-state index in [9.17, 15) is 14.4 Å². The number of piperidine rings is 1. The third-order valence-corrected chi connectivity index (χ3v) is 7.93. The number of hydrogen-bond donors (Lipinski definition) is 3. The molecule has 0 unspecified atom stereocenters. The molecule has 5 aliphatic heterocycles. The number of methoxy groups -OCH3 is 1. The molecule has 1 fully saturated rings. The van der Waals surface area contributed by atoms with E-state index in [1.54, 1.807) is 23.1 Å². The van der Waals surface area contributed by atoms with Crippen LogP contribution in [0.1, 0.15) is 34.3 Å². The Bertz CT molecular complexity index is 1640. The number of carbonyl (C=O) groups excluding carboxylic acids is 3. The number of nitrogens with one attached hydrogen (secondary N) is 3. The highest BCUT2D eigenvalue weighted by Crippen LogP contribution is 2.29. The summed E-state index contributed by atoms with van der Waals surface area (Å²) in [6.45, 7) is 0.839. The summed E-state index contributed by atoms with van der Waals surface area (Å²) in [5.74, 6) is 1.57. The van der Waals surface area contributed by atoms with Crippen molar-refractivity contribution in [3.63, 3.8) is 0 Å². The van der Waals surface area contributed by atoms with Gasteiger partial charge in [-0.3, -0.25) is 19.5 Å². The lowest BCUT2D eigenvalue weighted by atomic mass is 10.00. The van der Waals surface area contributed by atoms with Crippen LogP contribution in [0.5, 0.6) is 17.2 Å². The Kier molecular flexibility index (Phi) is 8.90. The first-order valence-electron chi connectivity index (χ1n) is 14.8. The molecule has 3 aromatic carbocycles. The number of amides is 3. The van der Waals surface area contributed by atoms with Crippen LogP contribution in [0.3, 0.4) is 0 Å². The highest BCUT2D eigenvalue weighted by atomic mass is 16.5. The van der Waals surface area contributed by atoms with E-state index in [-0.39, 0.29) is 30.9 Å². The van der Waals surface area contributed by atoms with Crippen molar-refractivity contribution in [3.8, 4) is 28.6 Å². The molecule has 12 heteroatoms. The van der Waals surface area contributed by atoms with Gasteiger partial charge in [-0.2, -0.15) is 5.10 Å². The van der Waals surface area contributed by atoms with Crippen molar-refractivity contribution >= 4 is 17.7 Å². The monoisotopic (exact) mass is 610 g/mol. The predicted molar refractivity (Wildman–Crippen MR) is 164 cm³/mol. The Morgan fingerprint density at radius 2 is 1.78 bits per heavy atom. The van der Waals surface area contributed by atoms with E-state index in [0.717, 1.165) is 16.7 Å². The number of aromatic amines is 1. The van der Waals surface area contributed by atoms with Crippen LogP contribution in [0.2, 0.25) is 0 Å². The van der Waals surface area contributed by atoms with E-state index in [2.05, 4.69) is 25.8 Å². The highest BCUT2D eigenvalue weighted by Gasteiger charge is 2.34. The maximum Gasteiger partial charge on any atom is 0.258 e. The maximum atomic E-state index is 13.5. The lowest BCUT2D eigenvalue weighted by molar-refractivity contribution is -0.125. The summed E-state index contributed by atoms with van der Waals surface area (Å²) >= 11 is 0. The van der Waals surface area contributed by atoms with E-state index in [0.29, 0.717) is 61.0 Å². The number of hydrogen-bond acceptors (Lipinski definition) is 8. The molecule has 5 aliphatic rings. The molecule has 1 saturated heterocycles. The number of ether oxygens (including phenoxy) is 3. The molecule has 0 radical (unpaired) electrons. The van der Waals surface area contributed by atoms with Crippen LogP contribution in [-0.4, -0.2) is 76.8 Å². The van der Waals surface area contributed by atoms with E-state index < -0.39 is 12.1 Å². The number of carbonyl (C=O) groups is 3. The smallest absolute Gasteiger partial charge is 0.258 e. The maximum absolute atomic E-state index is 13.5. The summed E-state index contributed by atoms with van der Waals surface area (Å²) in [6, 6.07) is 19.6. The Morgan fingerprint density at radius 1 is 0.978 bits per heavy atom. The minimum absolute atomic E-state index is 0.0596. The van der Waals surface area contributed by atoms with Gasteiger partial charge in [-0.15, -0.1) is 0 Å². The second kappa shape index (κ2) is 13.5. The van der Waals surface area contributed by atoms with Gasteiger partial charge in [-0.05, 0) is 53.9 Å². The van der Waals surface area contributed by atoms with Gasteiger partial charge in [0.25, 0.3) is 11.8 Å². The van der Waals surface area contributed by atoms with Gasteiger partial charge in [-0.1, -0.05) is 30.3 Å². The van der Waals surface area contributed by atoms with Crippen LogP contribution in [-0.2, 0) is 22.6 Å². The second-order valence-electron chi connectivity index (χ2n) is 11.0. The summed E-state index contributed by atoms with van der Waals surface area (Å²) in [6.07, 6.45) is 2.39. The molecule has 0 saturated carbocycles. The van der Waals surface area contributed by atoms with Gasteiger partial charge in [0.15, 0.2) is 23.9 Å². The fourth-order valence-corrected chi connectivity index (χ4v) is 5.48. The van der Waals surface area contributed by atoms with Gasteiger partial charge >= 0.3 is 0 Å². The van der Waals surface area contributed by atoms with Crippen LogP contribution in [0, 0.1) is 0 Å². The van der Waals surface area contributed by atoms with Crippen LogP contribution in [0.25, 0.3) is 11.4 Å². The van der Waals surface area contributed by atoms with Crippen molar-refractivity contribution in [1.29, 1.82) is 0 Å². The third-order valence-electron chi connectivity index (χ3n) is 7.93. The van der Waals surface area contributed by atoms with Crippen LogP contribution in [0.15, 0.2) is 73.1 Å². The first-order chi connectivity index (χ1) is 21.9. The molecule has 0 aliphatic carbocycles. The Morgan fingerprint density at radius 3 is 2.53 bits per heavy atom. The molecule has 4 aromatic rings. The lowest BCUT2D eigenvalue weighted by Crippen LogP contribution is -2.58. The molecule has 9 rings (SSSR count). The third kappa shape index (κ3) is 7.23. The zero-order chi connectivity index (χ0) is 31.2. The molecule has 4 bridgehead atoms. The molecule has 12 nitrogen and oxygen atoms in total. The van der Waals surface area contributed by atoms with Crippen LogP contribution in [0.4, 0.5) is 0 Å². The second-order valence-corrected chi connectivity index (χ2v) is 11.0. The van der Waals surface area contributed by atoms with Gasteiger partial charge in [0, 0.05) is 43.6 Å². The minimum atomic E-state index is -0.499. The largest absolute Gasteiger partial charge is 0.493 e. The van der Waals surface area contributed by atoms with Crippen molar-refractivity contribution in [2.24, 2.45) is 0 Å².